The van der Waals surface area contributed by atoms with Crippen LogP contribution in [0.4, 0.5) is 0 Å². The van der Waals surface area contributed by atoms with Crippen molar-refractivity contribution in [2.75, 3.05) is 13.7 Å². The van der Waals surface area contributed by atoms with Crippen molar-refractivity contribution in [1.29, 1.82) is 0 Å². The molecule has 0 saturated carbocycles. The molecular weight excluding hydrogens is 258 g/mol. The molecule has 1 unspecified atom stereocenters. The van der Waals surface area contributed by atoms with Crippen molar-refractivity contribution in [3.63, 3.8) is 0 Å². The van der Waals surface area contributed by atoms with Gasteiger partial charge in [-0.2, -0.15) is 0 Å². The second kappa shape index (κ2) is 11.6. The number of nitrogens with one attached hydrogen (secondary N) is 1. The Bertz CT molecular complexity index is 347. The zero-order valence-corrected chi connectivity index (χ0v) is 14.2. The fraction of sp³-hybridized carbons (Fsp3) is 0.684. The number of benzene rings is 1. The molecule has 1 aromatic carbocycles. The maximum Gasteiger partial charge on any atom is 0.119 e. The summed E-state index contributed by atoms with van der Waals surface area (Å²) < 4.78 is 5.64. The molecule has 0 bridgehead atoms. The minimum Gasteiger partial charge on any atom is -0.494 e. The molecule has 1 aromatic rings. The van der Waals surface area contributed by atoms with E-state index in [1.807, 2.05) is 0 Å². The molecular formula is C19H33NO. The molecule has 1 atom stereocenters. The Labute approximate surface area is 131 Å². The number of rotatable bonds is 12. The van der Waals surface area contributed by atoms with Crippen LogP contribution >= 0.6 is 0 Å². The van der Waals surface area contributed by atoms with Gasteiger partial charge in [0.15, 0.2) is 0 Å². The largest absolute Gasteiger partial charge is 0.494 e. The minimum absolute atomic E-state index is 0.469. The van der Waals surface area contributed by atoms with Crippen LogP contribution in [0.5, 0.6) is 5.75 Å². The highest BCUT2D eigenvalue weighted by Crippen LogP contribution is 2.22. The number of hydrogen-bond donors (Lipinski definition) is 1. The van der Waals surface area contributed by atoms with Gasteiger partial charge in [0, 0.05) is 6.04 Å². The Balaban J connectivity index is 2.33. The molecule has 120 valence electrons. The summed E-state index contributed by atoms with van der Waals surface area (Å²) in [5.41, 5.74) is 1.37. The lowest BCUT2D eigenvalue weighted by Gasteiger charge is -2.17. The average molecular weight is 291 g/mol. The van der Waals surface area contributed by atoms with Crippen molar-refractivity contribution in [2.45, 2.75) is 71.3 Å². The van der Waals surface area contributed by atoms with Crippen LogP contribution in [0.2, 0.25) is 0 Å². The van der Waals surface area contributed by atoms with Gasteiger partial charge in [0.05, 0.1) is 6.61 Å². The maximum atomic E-state index is 5.64. The molecule has 0 heterocycles. The van der Waals surface area contributed by atoms with Crippen LogP contribution in [0.1, 0.15) is 76.8 Å². The van der Waals surface area contributed by atoms with Gasteiger partial charge in [-0.3, -0.25) is 0 Å². The summed E-state index contributed by atoms with van der Waals surface area (Å²) in [6.45, 7) is 5.20. The average Bonchev–Trinajstić information content (AvgIpc) is 2.53. The molecule has 2 heteroatoms. The molecule has 0 aliphatic carbocycles. The first-order valence-corrected chi connectivity index (χ1v) is 8.71. The SMILES string of the molecule is CCCCCCCCC(NC)c1ccc(OCCC)cc1. The maximum absolute atomic E-state index is 5.64. The van der Waals surface area contributed by atoms with E-state index in [1.54, 1.807) is 0 Å². The van der Waals surface area contributed by atoms with Crippen LogP contribution in [0.25, 0.3) is 0 Å². The predicted molar refractivity (Wildman–Crippen MR) is 92.0 cm³/mol. The molecule has 21 heavy (non-hydrogen) atoms. The molecule has 2 nitrogen and oxygen atoms in total. The third-order valence-electron chi connectivity index (χ3n) is 3.95. The van der Waals surface area contributed by atoms with Gasteiger partial charge in [0.2, 0.25) is 0 Å². The van der Waals surface area contributed by atoms with Gasteiger partial charge in [-0.1, -0.05) is 64.5 Å². The topological polar surface area (TPSA) is 21.3 Å². The van der Waals surface area contributed by atoms with Crippen molar-refractivity contribution in [1.82, 2.24) is 5.32 Å². The van der Waals surface area contributed by atoms with E-state index in [-0.39, 0.29) is 0 Å². The van der Waals surface area contributed by atoms with Crippen LogP contribution in [-0.4, -0.2) is 13.7 Å². The van der Waals surface area contributed by atoms with Crippen molar-refractivity contribution in [3.05, 3.63) is 29.8 Å². The lowest BCUT2D eigenvalue weighted by Crippen LogP contribution is -2.16. The number of unbranched alkanes of at least 4 members (excludes halogenated alkanes) is 5. The van der Waals surface area contributed by atoms with Crippen molar-refractivity contribution < 1.29 is 4.74 Å². The molecule has 0 aromatic heterocycles. The lowest BCUT2D eigenvalue weighted by atomic mass is 9.99. The molecule has 0 saturated heterocycles. The molecule has 0 amide bonds. The van der Waals surface area contributed by atoms with Crippen molar-refractivity contribution in [3.8, 4) is 5.75 Å². The van der Waals surface area contributed by atoms with Crippen LogP contribution in [-0.2, 0) is 0 Å². The third kappa shape index (κ3) is 7.52. The highest BCUT2D eigenvalue weighted by atomic mass is 16.5. The third-order valence-corrected chi connectivity index (χ3v) is 3.95. The van der Waals surface area contributed by atoms with E-state index in [2.05, 4.69) is 50.5 Å². The van der Waals surface area contributed by atoms with Gasteiger partial charge >= 0.3 is 0 Å². The molecule has 0 spiro atoms. The molecule has 0 aliphatic rings. The highest BCUT2D eigenvalue weighted by molar-refractivity contribution is 5.29. The monoisotopic (exact) mass is 291 g/mol. The summed E-state index contributed by atoms with van der Waals surface area (Å²) in [7, 11) is 2.06. The summed E-state index contributed by atoms with van der Waals surface area (Å²) in [6.07, 6.45) is 10.4. The first kappa shape index (κ1) is 18.0. The molecule has 0 fully saturated rings. The van der Waals surface area contributed by atoms with E-state index < -0.39 is 0 Å². The molecule has 1 rings (SSSR count). The first-order chi connectivity index (χ1) is 10.3. The highest BCUT2D eigenvalue weighted by Gasteiger charge is 2.08. The van der Waals surface area contributed by atoms with Crippen molar-refractivity contribution in [2.24, 2.45) is 0 Å². The Kier molecular flexibility index (Phi) is 9.98. The van der Waals surface area contributed by atoms with Gasteiger partial charge in [-0.25, -0.2) is 0 Å². The van der Waals surface area contributed by atoms with Crippen LogP contribution < -0.4 is 10.1 Å². The molecule has 0 aliphatic heterocycles. The Hall–Kier alpha value is -1.02. The Morgan fingerprint density at radius 3 is 2.19 bits per heavy atom. The predicted octanol–water partition coefficient (Wildman–Crippen LogP) is 5.49. The number of hydrogen-bond acceptors (Lipinski definition) is 2. The normalized spacial score (nSPS) is 12.3. The smallest absolute Gasteiger partial charge is 0.119 e. The zero-order valence-electron chi connectivity index (χ0n) is 14.2. The van der Waals surface area contributed by atoms with Gasteiger partial charge in [-0.05, 0) is 37.6 Å². The van der Waals surface area contributed by atoms with Crippen LogP contribution in [0.15, 0.2) is 24.3 Å². The summed E-state index contributed by atoms with van der Waals surface area (Å²) in [4.78, 5) is 0. The number of ether oxygens (including phenoxy) is 1. The van der Waals surface area contributed by atoms with Crippen LogP contribution in [0.3, 0.4) is 0 Å². The van der Waals surface area contributed by atoms with E-state index in [0.717, 1.165) is 18.8 Å². The van der Waals surface area contributed by atoms with E-state index >= 15 is 0 Å². The summed E-state index contributed by atoms with van der Waals surface area (Å²) >= 11 is 0. The molecule has 0 radical (unpaired) electrons. The van der Waals surface area contributed by atoms with Gasteiger partial charge in [-0.15, -0.1) is 0 Å². The fourth-order valence-corrected chi connectivity index (χ4v) is 2.62. The zero-order chi connectivity index (χ0) is 15.3. The van der Waals surface area contributed by atoms with Crippen LogP contribution in [0, 0.1) is 0 Å². The second-order valence-electron chi connectivity index (χ2n) is 5.82. The quantitative estimate of drug-likeness (QED) is 0.514. The molecule has 1 N–H and O–H groups in total. The van der Waals surface area contributed by atoms with Crippen molar-refractivity contribution >= 4 is 0 Å². The van der Waals surface area contributed by atoms with Gasteiger partial charge in [0.25, 0.3) is 0 Å². The Morgan fingerprint density at radius 2 is 1.57 bits per heavy atom. The Morgan fingerprint density at radius 1 is 0.905 bits per heavy atom. The summed E-state index contributed by atoms with van der Waals surface area (Å²) in [5, 5.41) is 3.44. The first-order valence-electron chi connectivity index (χ1n) is 8.71. The van der Waals surface area contributed by atoms with E-state index in [4.69, 9.17) is 4.74 Å². The van der Waals surface area contributed by atoms with E-state index in [0.29, 0.717) is 6.04 Å². The second-order valence-corrected chi connectivity index (χ2v) is 5.82. The summed E-state index contributed by atoms with van der Waals surface area (Å²) in [5.74, 6) is 0.981. The van der Waals surface area contributed by atoms with E-state index in [1.165, 1.54) is 50.5 Å². The summed E-state index contributed by atoms with van der Waals surface area (Å²) in [6, 6.07) is 9.05. The minimum atomic E-state index is 0.469. The van der Waals surface area contributed by atoms with Gasteiger partial charge in [0.1, 0.15) is 5.75 Å². The standard InChI is InChI=1S/C19H33NO/c1-4-6-7-8-9-10-11-19(20-3)17-12-14-18(15-13-17)21-16-5-2/h12-15,19-20H,4-11,16H2,1-3H3. The lowest BCUT2D eigenvalue weighted by molar-refractivity contribution is 0.317. The van der Waals surface area contributed by atoms with Gasteiger partial charge < -0.3 is 10.1 Å². The fourth-order valence-electron chi connectivity index (χ4n) is 2.62. The van der Waals surface area contributed by atoms with E-state index in [9.17, 15) is 0 Å².